The van der Waals surface area contributed by atoms with Crippen LogP contribution in [-0.2, 0) is 0 Å². The van der Waals surface area contributed by atoms with E-state index in [1.165, 1.54) is 11.3 Å². The van der Waals surface area contributed by atoms with Crippen LogP contribution in [0.25, 0.3) is 16.3 Å². The Morgan fingerprint density at radius 2 is 1.95 bits per heavy atom. The number of carboxylic acids is 1. The highest BCUT2D eigenvalue weighted by atomic mass is 79.9. The predicted molar refractivity (Wildman–Crippen MR) is 86.3 cm³/mol. The van der Waals surface area contributed by atoms with Crippen molar-refractivity contribution in [3.63, 3.8) is 0 Å². The second-order valence-electron chi connectivity index (χ2n) is 4.58. The normalized spacial score (nSPS) is 10.8. The van der Waals surface area contributed by atoms with E-state index in [1.807, 2.05) is 43.3 Å². The Bertz CT molecular complexity index is 805. The first-order valence-electron chi connectivity index (χ1n) is 6.20. The highest BCUT2D eigenvalue weighted by molar-refractivity contribution is 9.11. The molecule has 0 aliphatic carbocycles. The summed E-state index contributed by atoms with van der Waals surface area (Å²) < 4.78 is 2.55. The van der Waals surface area contributed by atoms with E-state index < -0.39 is 5.97 Å². The van der Waals surface area contributed by atoms with Gasteiger partial charge in [-0.1, -0.05) is 17.7 Å². The molecule has 0 fully saturated rings. The van der Waals surface area contributed by atoms with Gasteiger partial charge in [0.25, 0.3) is 0 Å². The van der Waals surface area contributed by atoms with Crippen molar-refractivity contribution in [3.05, 3.63) is 57.5 Å². The average Bonchev–Trinajstić information content (AvgIpc) is 3.05. The van der Waals surface area contributed by atoms with Crippen molar-refractivity contribution in [2.24, 2.45) is 0 Å². The summed E-state index contributed by atoms with van der Waals surface area (Å²) in [6, 6.07) is 11.5. The van der Waals surface area contributed by atoms with Gasteiger partial charge in [0.15, 0.2) is 0 Å². The summed E-state index contributed by atoms with van der Waals surface area (Å²) in [6.45, 7) is 2.00. The zero-order valence-corrected chi connectivity index (χ0v) is 13.5. The number of nitrogens with zero attached hydrogens (tertiary/aromatic N) is 2. The van der Waals surface area contributed by atoms with Crippen molar-refractivity contribution in [2.75, 3.05) is 0 Å². The monoisotopic (exact) mass is 362 g/mol. The lowest BCUT2D eigenvalue weighted by Gasteiger charge is -2.00. The maximum Gasteiger partial charge on any atom is 0.339 e. The maximum absolute atomic E-state index is 11.4. The van der Waals surface area contributed by atoms with Crippen molar-refractivity contribution in [3.8, 4) is 16.3 Å². The number of carboxylic acid groups (broad SMARTS) is 1. The van der Waals surface area contributed by atoms with Gasteiger partial charge in [-0.15, -0.1) is 11.3 Å². The summed E-state index contributed by atoms with van der Waals surface area (Å²) in [5, 5.41) is 13.8. The van der Waals surface area contributed by atoms with Crippen molar-refractivity contribution in [1.82, 2.24) is 9.78 Å². The highest BCUT2D eigenvalue weighted by Crippen LogP contribution is 2.32. The summed E-state index contributed by atoms with van der Waals surface area (Å²) >= 11 is 4.85. The molecule has 21 heavy (non-hydrogen) atoms. The molecule has 0 spiro atoms. The lowest BCUT2D eigenvalue weighted by Crippen LogP contribution is -1.96. The van der Waals surface area contributed by atoms with E-state index in [2.05, 4.69) is 21.0 Å². The van der Waals surface area contributed by atoms with Gasteiger partial charge in [0.2, 0.25) is 0 Å². The van der Waals surface area contributed by atoms with Gasteiger partial charge < -0.3 is 5.11 Å². The fraction of sp³-hybridized carbons (Fsp3) is 0.0667. The first-order valence-corrected chi connectivity index (χ1v) is 7.81. The first kappa shape index (κ1) is 14.0. The fourth-order valence-electron chi connectivity index (χ4n) is 1.98. The molecule has 0 saturated heterocycles. The molecule has 0 unspecified atom stereocenters. The molecule has 2 aromatic heterocycles. The van der Waals surface area contributed by atoms with E-state index in [1.54, 1.807) is 10.9 Å². The SMILES string of the molecule is Cc1ccc(-n2cc(C(=O)O)c(-c3ccc(Br)s3)n2)cc1. The molecule has 3 aromatic rings. The Balaban J connectivity index is 2.12. The number of rotatable bonds is 3. The van der Waals surface area contributed by atoms with Crippen LogP contribution in [0.1, 0.15) is 15.9 Å². The zero-order chi connectivity index (χ0) is 15.0. The molecule has 6 heteroatoms. The number of thiophene rings is 1. The van der Waals surface area contributed by atoms with Gasteiger partial charge in [0, 0.05) is 6.20 Å². The van der Waals surface area contributed by atoms with E-state index in [0.29, 0.717) is 5.69 Å². The van der Waals surface area contributed by atoms with Crippen LogP contribution in [-0.4, -0.2) is 20.9 Å². The molecule has 2 heterocycles. The van der Waals surface area contributed by atoms with Gasteiger partial charge in [-0.25, -0.2) is 9.48 Å². The van der Waals surface area contributed by atoms with Gasteiger partial charge in [0.1, 0.15) is 11.3 Å². The lowest BCUT2D eigenvalue weighted by molar-refractivity contribution is 0.0697. The molecular weight excluding hydrogens is 352 g/mol. The van der Waals surface area contributed by atoms with Crippen molar-refractivity contribution in [1.29, 1.82) is 0 Å². The summed E-state index contributed by atoms with van der Waals surface area (Å²) in [5.41, 5.74) is 2.67. The summed E-state index contributed by atoms with van der Waals surface area (Å²) in [5.74, 6) is -0.979. The molecule has 0 radical (unpaired) electrons. The summed E-state index contributed by atoms with van der Waals surface area (Å²) in [6.07, 6.45) is 1.55. The van der Waals surface area contributed by atoms with E-state index in [0.717, 1.165) is 19.9 Å². The van der Waals surface area contributed by atoms with Crippen LogP contribution in [0.15, 0.2) is 46.4 Å². The van der Waals surface area contributed by atoms with Crippen LogP contribution < -0.4 is 0 Å². The molecule has 106 valence electrons. The van der Waals surface area contributed by atoms with Crippen LogP contribution in [0, 0.1) is 6.92 Å². The molecule has 1 N–H and O–H groups in total. The minimum absolute atomic E-state index is 0.199. The molecule has 0 aliphatic rings. The van der Waals surface area contributed by atoms with Crippen molar-refractivity contribution >= 4 is 33.2 Å². The van der Waals surface area contributed by atoms with Crippen LogP contribution >= 0.6 is 27.3 Å². The molecule has 0 aliphatic heterocycles. The first-order chi connectivity index (χ1) is 10.0. The third-order valence-corrected chi connectivity index (χ3v) is 4.68. The van der Waals surface area contributed by atoms with Crippen LogP contribution in [0.3, 0.4) is 0 Å². The van der Waals surface area contributed by atoms with E-state index in [-0.39, 0.29) is 5.56 Å². The minimum Gasteiger partial charge on any atom is -0.478 e. The summed E-state index contributed by atoms with van der Waals surface area (Å²) in [4.78, 5) is 12.3. The number of aromatic nitrogens is 2. The largest absolute Gasteiger partial charge is 0.478 e. The Kier molecular flexibility index (Phi) is 3.65. The Hall–Kier alpha value is -1.92. The van der Waals surface area contributed by atoms with Crippen molar-refractivity contribution in [2.45, 2.75) is 6.92 Å². The minimum atomic E-state index is -0.979. The number of hydrogen-bond acceptors (Lipinski definition) is 3. The smallest absolute Gasteiger partial charge is 0.339 e. The van der Waals surface area contributed by atoms with E-state index in [9.17, 15) is 9.90 Å². The van der Waals surface area contributed by atoms with Gasteiger partial charge in [-0.2, -0.15) is 5.10 Å². The van der Waals surface area contributed by atoms with Gasteiger partial charge in [0.05, 0.1) is 14.4 Å². The zero-order valence-electron chi connectivity index (χ0n) is 11.1. The van der Waals surface area contributed by atoms with Crippen LogP contribution in [0.2, 0.25) is 0 Å². The van der Waals surface area contributed by atoms with Crippen LogP contribution in [0.5, 0.6) is 0 Å². The topological polar surface area (TPSA) is 55.1 Å². The molecule has 3 rings (SSSR count). The molecule has 4 nitrogen and oxygen atoms in total. The number of hydrogen-bond donors (Lipinski definition) is 1. The Morgan fingerprint density at radius 3 is 2.52 bits per heavy atom. The maximum atomic E-state index is 11.4. The van der Waals surface area contributed by atoms with E-state index >= 15 is 0 Å². The standard InChI is InChI=1S/C15H11BrN2O2S/c1-9-2-4-10(5-3-9)18-8-11(15(19)20)14(17-18)12-6-7-13(16)21-12/h2-8H,1H3,(H,19,20). The molecule has 1 aromatic carbocycles. The molecule has 0 atom stereocenters. The number of carbonyl (C=O) groups is 1. The Morgan fingerprint density at radius 1 is 1.24 bits per heavy atom. The van der Waals surface area contributed by atoms with Gasteiger partial charge >= 0.3 is 5.97 Å². The second-order valence-corrected chi connectivity index (χ2v) is 7.04. The summed E-state index contributed by atoms with van der Waals surface area (Å²) in [7, 11) is 0. The predicted octanol–water partition coefficient (Wildman–Crippen LogP) is 4.37. The number of aryl methyl sites for hydroxylation is 1. The average molecular weight is 363 g/mol. The lowest BCUT2D eigenvalue weighted by atomic mass is 10.2. The number of halogens is 1. The fourth-order valence-corrected chi connectivity index (χ4v) is 3.37. The third-order valence-electron chi connectivity index (χ3n) is 3.05. The molecular formula is C15H11BrN2O2S. The van der Waals surface area contributed by atoms with Gasteiger partial charge in [-0.3, -0.25) is 0 Å². The van der Waals surface area contributed by atoms with Gasteiger partial charge in [-0.05, 0) is 47.1 Å². The third kappa shape index (κ3) is 2.77. The quantitative estimate of drug-likeness (QED) is 0.752. The molecule has 0 bridgehead atoms. The second kappa shape index (κ2) is 5.46. The highest BCUT2D eigenvalue weighted by Gasteiger charge is 2.19. The molecule has 0 saturated carbocycles. The molecule has 0 amide bonds. The van der Waals surface area contributed by atoms with Crippen LogP contribution in [0.4, 0.5) is 0 Å². The van der Waals surface area contributed by atoms with Crippen molar-refractivity contribution < 1.29 is 9.90 Å². The number of aromatic carboxylic acids is 1. The van der Waals surface area contributed by atoms with E-state index in [4.69, 9.17) is 0 Å². The Labute approximate surface area is 133 Å². The number of benzene rings is 1.